The maximum Gasteiger partial charge on any atom is 0.163 e. The Morgan fingerprint density at radius 3 is 2.22 bits per heavy atom. The van der Waals surface area contributed by atoms with Crippen molar-refractivity contribution in [3.8, 4) is 17.2 Å². The van der Waals surface area contributed by atoms with Gasteiger partial charge in [0.1, 0.15) is 11.9 Å². The second-order valence-corrected chi connectivity index (χ2v) is 5.16. The van der Waals surface area contributed by atoms with Gasteiger partial charge in [0, 0.05) is 6.54 Å². The van der Waals surface area contributed by atoms with Crippen molar-refractivity contribution in [3.05, 3.63) is 78.0 Å². The molecule has 0 amide bonds. The molecule has 0 spiro atoms. The summed E-state index contributed by atoms with van der Waals surface area (Å²) in [5.74, 6) is 0.685. The smallest absolute Gasteiger partial charge is 0.163 e. The zero-order valence-corrected chi connectivity index (χ0v) is 12.6. The van der Waals surface area contributed by atoms with Crippen LogP contribution in [-0.4, -0.2) is 16.7 Å². The Bertz CT molecular complexity index is 788. The molecule has 4 heteroatoms. The molecule has 0 aliphatic carbocycles. The van der Waals surface area contributed by atoms with E-state index in [1.54, 1.807) is 12.1 Å². The molecule has 3 rings (SSSR count). The van der Waals surface area contributed by atoms with Crippen LogP contribution in [0.3, 0.4) is 0 Å². The van der Waals surface area contributed by atoms with Crippen LogP contribution in [0.2, 0.25) is 0 Å². The van der Waals surface area contributed by atoms with Crippen molar-refractivity contribution in [1.29, 1.82) is 5.26 Å². The van der Waals surface area contributed by atoms with Gasteiger partial charge in [-0.15, -0.1) is 10.2 Å². The third kappa shape index (κ3) is 3.92. The van der Waals surface area contributed by atoms with Crippen LogP contribution in [0.5, 0.6) is 0 Å². The topological polar surface area (TPSA) is 61.6 Å². The molecule has 0 radical (unpaired) electrons. The van der Waals surface area contributed by atoms with Crippen LogP contribution in [0.1, 0.15) is 11.3 Å². The lowest BCUT2D eigenvalue weighted by atomic mass is 10.0. The molecule has 0 bridgehead atoms. The first-order chi connectivity index (χ1) is 11.3. The summed E-state index contributed by atoms with van der Waals surface area (Å²) in [6.45, 7) is 0.769. The number of nitrogens with zero attached hydrogens (tertiary/aromatic N) is 3. The maximum absolute atomic E-state index is 8.69. The fraction of sp³-hybridized carbons (Fsp3) is 0.105. The number of aromatic nitrogens is 2. The highest BCUT2D eigenvalue weighted by Gasteiger charge is 1.99. The van der Waals surface area contributed by atoms with Crippen molar-refractivity contribution < 1.29 is 0 Å². The third-order valence-corrected chi connectivity index (χ3v) is 3.56. The van der Waals surface area contributed by atoms with Gasteiger partial charge in [-0.05, 0) is 35.2 Å². The molecule has 1 heterocycles. The first kappa shape index (κ1) is 14.7. The lowest BCUT2D eigenvalue weighted by Gasteiger charge is -2.06. The normalized spacial score (nSPS) is 10.0. The van der Waals surface area contributed by atoms with Gasteiger partial charge in [0.05, 0.1) is 0 Å². The van der Waals surface area contributed by atoms with E-state index in [1.807, 2.05) is 24.3 Å². The Morgan fingerprint density at radius 2 is 1.57 bits per heavy atom. The first-order valence-electron chi connectivity index (χ1n) is 7.47. The molecule has 23 heavy (non-hydrogen) atoms. The van der Waals surface area contributed by atoms with E-state index in [2.05, 4.69) is 51.9 Å². The summed E-state index contributed by atoms with van der Waals surface area (Å²) >= 11 is 0. The molecule has 112 valence electrons. The third-order valence-electron chi connectivity index (χ3n) is 3.56. The van der Waals surface area contributed by atoms with Crippen LogP contribution in [0, 0.1) is 11.3 Å². The molecule has 1 N–H and O–H groups in total. The zero-order valence-electron chi connectivity index (χ0n) is 12.6. The van der Waals surface area contributed by atoms with Gasteiger partial charge in [-0.3, -0.25) is 0 Å². The van der Waals surface area contributed by atoms with Gasteiger partial charge < -0.3 is 5.32 Å². The Labute approximate surface area is 135 Å². The lowest BCUT2D eigenvalue weighted by molar-refractivity contribution is 0.959. The van der Waals surface area contributed by atoms with Crippen molar-refractivity contribution in [2.75, 3.05) is 11.9 Å². The van der Waals surface area contributed by atoms with Gasteiger partial charge >= 0.3 is 0 Å². The van der Waals surface area contributed by atoms with E-state index in [9.17, 15) is 0 Å². The fourth-order valence-electron chi connectivity index (χ4n) is 2.32. The van der Waals surface area contributed by atoms with Crippen molar-refractivity contribution in [2.45, 2.75) is 6.42 Å². The van der Waals surface area contributed by atoms with Crippen LogP contribution >= 0.6 is 0 Å². The minimum Gasteiger partial charge on any atom is -0.368 e. The molecule has 0 aliphatic rings. The largest absolute Gasteiger partial charge is 0.368 e. The van der Waals surface area contributed by atoms with Crippen LogP contribution in [-0.2, 0) is 6.42 Å². The fourth-order valence-corrected chi connectivity index (χ4v) is 2.32. The van der Waals surface area contributed by atoms with E-state index in [4.69, 9.17) is 5.26 Å². The molecule has 0 unspecified atom stereocenters. The number of hydrogen-bond donors (Lipinski definition) is 1. The molecule has 0 aliphatic heterocycles. The van der Waals surface area contributed by atoms with E-state index in [1.165, 1.54) is 16.7 Å². The molecular weight excluding hydrogens is 284 g/mol. The van der Waals surface area contributed by atoms with Gasteiger partial charge in [0.25, 0.3) is 0 Å². The van der Waals surface area contributed by atoms with E-state index in [0.29, 0.717) is 11.5 Å². The summed E-state index contributed by atoms with van der Waals surface area (Å²) in [6.07, 6.45) is 0.900. The second-order valence-electron chi connectivity index (χ2n) is 5.16. The average molecular weight is 300 g/mol. The summed E-state index contributed by atoms with van der Waals surface area (Å²) in [4.78, 5) is 0. The number of nitrogens with one attached hydrogen (secondary N) is 1. The molecule has 0 saturated carbocycles. The van der Waals surface area contributed by atoms with E-state index in [-0.39, 0.29) is 0 Å². The van der Waals surface area contributed by atoms with Crippen LogP contribution in [0.25, 0.3) is 11.1 Å². The molecule has 2 aromatic carbocycles. The molecule has 0 atom stereocenters. The van der Waals surface area contributed by atoms with Crippen LogP contribution in [0.15, 0.2) is 66.7 Å². The van der Waals surface area contributed by atoms with E-state index in [0.717, 1.165) is 13.0 Å². The summed E-state index contributed by atoms with van der Waals surface area (Å²) in [6, 6.07) is 24.3. The maximum atomic E-state index is 8.69. The Hall–Kier alpha value is -3.19. The van der Waals surface area contributed by atoms with Gasteiger partial charge in [-0.1, -0.05) is 54.6 Å². The van der Waals surface area contributed by atoms with E-state index >= 15 is 0 Å². The molecule has 3 aromatic rings. The highest BCUT2D eigenvalue weighted by Crippen LogP contribution is 2.19. The van der Waals surface area contributed by atoms with Crippen LogP contribution < -0.4 is 5.32 Å². The highest BCUT2D eigenvalue weighted by atomic mass is 15.2. The van der Waals surface area contributed by atoms with Crippen molar-refractivity contribution in [2.24, 2.45) is 0 Å². The first-order valence-corrected chi connectivity index (χ1v) is 7.47. The predicted octanol–water partition coefficient (Wildman–Crippen LogP) is 3.67. The van der Waals surface area contributed by atoms with Crippen molar-refractivity contribution >= 4 is 5.82 Å². The van der Waals surface area contributed by atoms with Gasteiger partial charge in [0.15, 0.2) is 5.69 Å². The SMILES string of the molecule is N#Cc1ccc(NCCc2ccc(-c3ccccc3)cc2)nn1. The Morgan fingerprint density at radius 1 is 0.826 bits per heavy atom. The summed E-state index contributed by atoms with van der Waals surface area (Å²) < 4.78 is 0. The number of rotatable bonds is 5. The van der Waals surface area contributed by atoms with Crippen LogP contribution in [0.4, 0.5) is 5.82 Å². The molecular formula is C19H16N4. The van der Waals surface area contributed by atoms with E-state index < -0.39 is 0 Å². The molecule has 1 aromatic heterocycles. The monoisotopic (exact) mass is 300 g/mol. The highest BCUT2D eigenvalue weighted by molar-refractivity contribution is 5.63. The van der Waals surface area contributed by atoms with Crippen molar-refractivity contribution in [1.82, 2.24) is 10.2 Å². The number of anilines is 1. The Kier molecular flexibility index (Phi) is 4.61. The summed E-state index contributed by atoms with van der Waals surface area (Å²) in [5, 5.41) is 19.6. The second kappa shape index (κ2) is 7.19. The standard InChI is InChI=1S/C19H16N4/c20-14-18-10-11-19(23-22-18)21-13-12-15-6-8-17(9-7-15)16-4-2-1-3-5-16/h1-11H,12-13H2,(H,21,23). The predicted molar refractivity (Wildman–Crippen MR) is 90.8 cm³/mol. The Balaban J connectivity index is 1.55. The number of hydrogen-bond acceptors (Lipinski definition) is 4. The minimum atomic E-state index is 0.326. The number of nitriles is 1. The van der Waals surface area contributed by atoms with Gasteiger partial charge in [-0.2, -0.15) is 5.26 Å². The molecule has 0 fully saturated rings. The lowest BCUT2D eigenvalue weighted by Crippen LogP contribution is -2.07. The molecule has 0 saturated heterocycles. The number of benzene rings is 2. The quantitative estimate of drug-likeness (QED) is 0.781. The zero-order chi connectivity index (χ0) is 15.9. The van der Waals surface area contributed by atoms with Gasteiger partial charge in [-0.25, -0.2) is 0 Å². The average Bonchev–Trinajstić information content (AvgIpc) is 2.64. The summed E-state index contributed by atoms with van der Waals surface area (Å²) in [5.41, 5.74) is 4.04. The van der Waals surface area contributed by atoms with Gasteiger partial charge in [0.2, 0.25) is 0 Å². The summed E-state index contributed by atoms with van der Waals surface area (Å²) in [7, 11) is 0. The molecule has 4 nitrogen and oxygen atoms in total. The van der Waals surface area contributed by atoms with Crippen molar-refractivity contribution in [3.63, 3.8) is 0 Å². The minimum absolute atomic E-state index is 0.326.